The first-order valence-electron chi connectivity index (χ1n) is 37.1. The molecule has 0 spiro atoms. The number of pyridine rings is 5. The van der Waals surface area contributed by atoms with Crippen LogP contribution in [0.15, 0.2) is 159 Å². The summed E-state index contributed by atoms with van der Waals surface area (Å²) in [6.07, 6.45) is 24.4. The number of nitrogens with one attached hydrogen (secondary N) is 7. The summed E-state index contributed by atoms with van der Waals surface area (Å²) in [5.74, 6) is 3.42. The Hall–Kier alpha value is -10.3. The Kier molecular flexibility index (Phi) is 35.2. The van der Waals surface area contributed by atoms with E-state index in [1.807, 2.05) is 110 Å². The average molecular weight is 1420 g/mol. The number of nitrogens with zero attached hydrogens (tertiary/aromatic N) is 17. The van der Waals surface area contributed by atoms with Crippen LogP contribution in [0, 0.1) is 17.2 Å². The molecule has 1 aromatic carbocycles. The van der Waals surface area contributed by atoms with E-state index >= 15 is 0 Å². The molecular weight excluding hydrogens is 1310 g/mol. The summed E-state index contributed by atoms with van der Waals surface area (Å²) in [4.78, 5) is 35.8. The van der Waals surface area contributed by atoms with Crippen LogP contribution in [0.4, 0.5) is 17.5 Å². The number of aromatic nitrogens is 15. The first kappa shape index (κ1) is 82.0. The van der Waals surface area contributed by atoms with Gasteiger partial charge in [0.1, 0.15) is 29.2 Å². The Labute approximate surface area is 623 Å². The minimum Gasteiger partial charge on any atom is -0.370 e. The molecule has 11 aromatic rings. The zero-order valence-electron chi connectivity index (χ0n) is 64.6. The van der Waals surface area contributed by atoms with Gasteiger partial charge in [-0.1, -0.05) is 84.9 Å². The predicted octanol–water partition coefficient (Wildman–Crippen LogP) is 15.0. The van der Waals surface area contributed by atoms with Crippen molar-refractivity contribution < 1.29 is 0 Å². The maximum Gasteiger partial charge on any atom is 0.140 e. The molecule has 0 amide bonds. The van der Waals surface area contributed by atoms with Crippen molar-refractivity contribution in [3.63, 3.8) is 0 Å². The van der Waals surface area contributed by atoms with E-state index in [9.17, 15) is 0 Å². The van der Waals surface area contributed by atoms with Crippen LogP contribution in [0.5, 0.6) is 0 Å². The van der Waals surface area contributed by atoms with Gasteiger partial charge in [-0.2, -0.15) is 30.8 Å². The van der Waals surface area contributed by atoms with Crippen molar-refractivity contribution in [2.45, 2.75) is 134 Å². The number of aromatic amines is 5. The van der Waals surface area contributed by atoms with Crippen LogP contribution in [0.25, 0.3) is 56.4 Å². The van der Waals surface area contributed by atoms with Gasteiger partial charge in [-0.3, -0.25) is 30.5 Å². The highest BCUT2D eigenvalue weighted by Crippen LogP contribution is 2.28. The summed E-state index contributed by atoms with van der Waals surface area (Å²) < 4.78 is 0. The van der Waals surface area contributed by atoms with E-state index in [0.717, 1.165) is 203 Å². The summed E-state index contributed by atoms with van der Waals surface area (Å²) in [6.45, 7) is 33.1. The molecule has 7 N–H and O–H groups in total. The summed E-state index contributed by atoms with van der Waals surface area (Å²) in [6, 6.07) is 34.3. The minimum absolute atomic E-state index is 0.424. The lowest BCUT2D eigenvalue weighted by Crippen LogP contribution is -2.22. The van der Waals surface area contributed by atoms with Crippen molar-refractivity contribution in [1.29, 1.82) is 5.26 Å². The Morgan fingerprint density at radius 1 is 0.390 bits per heavy atom. The van der Waals surface area contributed by atoms with Gasteiger partial charge in [0.05, 0.1) is 65.1 Å². The normalized spacial score (nSPS) is 11.0. The summed E-state index contributed by atoms with van der Waals surface area (Å²) >= 11 is 0. The third kappa shape index (κ3) is 27.0. The molecule has 11 rings (SSSR count). The molecule has 0 saturated carbocycles. The molecule has 0 aliphatic rings. The first-order valence-corrected chi connectivity index (χ1v) is 37.1. The van der Waals surface area contributed by atoms with Crippen LogP contribution >= 0.6 is 0 Å². The Balaban J connectivity index is 0.000000184. The van der Waals surface area contributed by atoms with E-state index in [0.29, 0.717) is 11.6 Å². The van der Waals surface area contributed by atoms with Gasteiger partial charge in [-0.25, -0.2) is 19.9 Å². The van der Waals surface area contributed by atoms with Crippen LogP contribution in [-0.4, -0.2) is 188 Å². The van der Waals surface area contributed by atoms with E-state index in [1.165, 1.54) is 27.8 Å². The number of hydrogen-bond acceptors (Lipinski definition) is 19. The van der Waals surface area contributed by atoms with Crippen LogP contribution in [0.1, 0.15) is 133 Å². The third-order valence-electron chi connectivity index (χ3n) is 17.1. The van der Waals surface area contributed by atoms with E-state index in [4.69, 9.17) is 5.26 Å². The number of H-pyrrole nitrogens is 5. The number of anilines is 3. The van der Waals surface area contributed by atoms with Gasteiger partial charge in [0.2, 0.25) is 0 Å². The highest BCUT2D eigenvalue weighted by atomic mass is 15.2. The lowest BCUT2D eigenvalue weighted by Gasteiger charge is -2.19. The Morgan fingerprint density at radius 2 is 0.762 bits per heavy atom. The van der Waals surface area contributed by atoms with Crippen LogP contribution in [0.3, 0.4) is 0 Å². The van der Waals surface area contributed by atoms with Crippen LogP contribution in [0.2, 0.25) is 0 Å². The molecule has 0 radical (unpaired) electrons. The molecule has 558 valence electrons. The second kappa shape index (κ2) is 45.1. The lowest BCUT2D eigenvalue weighted by molar-refractivity contribution is 0.328. The van der Waals surface area contributed by atoms with Gasteiger partial charge >= 0.3 is 0 Å². The second-order valence-corrected chi connectivity index (χ2v) is 26.9. The molecule has 10 heterocycles. The molecular formula is C81H114N24. The van der Waals surface area contributed by atoms with Crippen molar-refractivity contribution in [3.8, 4) is 62.5 Å². The first-order chi connectivity index (χ1) is 51.1. The Morgan fingerprint density at radius 3 is 1.10 bits per heavy atom. The predicted molar refractivity (Wildman–Crippen MR) is 428 cm³/mol. The molecule has 0 saturated heterocycles. The van der Waals surface area contributed by atoms with E-state index in [2.05, 4.69) is 250 Å². The van der Waals surface area contributed by atoms with Crippen molar-refractivity contribution >= 4 is 17.5 Å². The van der Waals surface area contributed by atoms with E-state index < -0.39 is 0 Å². The molecule has 0 aliphatic heterocycles. The maximum absolute atomic E-state index is 8.75. The van der Waals surface area contributed by atoms with Crippen LogP contribution < -0.4 is 15.5 Å². The highest BCUT2D eigenvalue weighted by molar-refractivity contribution is 5.66. The van der Waals surface area contributed by atoms with Gasteiger partial charge in [0.15, 0.2) is 0 Å². The van der Waals surface area contributed by atoms with E-state index in [1.54, 1.807) is 18.5 Å². The molecule has 24 nitrogen and oxygen atoms in total. The molecule has 24 heteroatoms. The molecule has 0 unspecified atom stereocenters. The average Bonchev–Trinajstić information content (AvgIpc) is 1.83. The lowest BCUT2D eigenvalue weighted by atomic mass is 10.1. The van der Waals surface area contributed by atoms with Crippen molar-refractivity contribution in [1.82, 2.24) is 100 Å². The van der Waals surface area contributed by atoms with Gasteiger partial charge < -0.3 is 40.0 Å². The minimum atomic E-state index is 0.424. The number of nitriles is 1. The van der Waals surface area contributed by atoms with E-state index in [-0.39, 0.29) is 0 Å². The molecule has 10 aromatic heterocycles. The van der Waals surface area contributed by atoms with Gasteiger partial charge in [0, 0.05) is 140 Å². The maximum atomic E-state index is 8.75. The molecule has 105 heavy (non-hydrogen) atoms. The number of rotatable bonds is 34. The van der Waals surface area contributed by atoms with Gasteiger partial charge in [0.25, 0.3) is 0 Å². The summed E-state index contributed by atoms with van der Waals surface area (Å²) in [7, 11) is 10.6. The third-order valence-corrected chi connectivity index (χ3v) is 17.1. The quantitative estimate of drug-likeness (QED) is 0.0197. The molecule has 0 atom stereocenters. The molecule has 0 bridgehead atoms. The Bertz CT molecular complexity index is 4130. The number of benzene rings is 1. The van der Waals surface area contributed by atoms with Gasteiger partial charge in [-0.05, 0) is 186 Å². The zero-order valence-corrected chi connectivity index (χ0v) is 64.6. The van der Waals surface area contributed by atoms with Crippen molar-refractivity contribution in [3.05, 3.63) is 198 Å². The van der Waals surface area contributed by atoms with Crippen molar-refractivity contribution in [2.24, 2.45) is 5.92 Å². The SMILES string of the molecule is CCCN(C)Cc1cn[nH]c1-c1ccc(C#N)nc1.CCCN(C)Cc1cn[nH]c1-c1ccc(N(CC)CC)nc1.CCCN(C)Cc1cn[nH]c1-c1ccc(NCC(C)C)nc1.CCCN(C)Cc1cn[nH]c1-c1ccc(NCc2ccccc2)nc1.CCCN(C)Cc1cn[nH]c1-c1ccccn1. The fourth-order valence-corrected chi connectivity index (χ4v) is 11.9. The number of hydrogen-bond donors (Lipinski definition) is 7. The summed E-state index contributed by atoms with van der Waals surface area (Å²) in [5.41, 5.74) is 17.9. The molecule has 0 aliphatic carbocycles. The highest BCUT2D eigenvalue weighted by Gasteiger charge is 2.16. The second-order valence-electron chi connectivity index (χ2n) is 26.9. The monoisotopic (exact) mass is 1420 g/mol. The zero-order chi connectivity index (χ0) is 75.1. The van der Waals surface area contributed by atoms with Gasteiger partial charge in [-0.15, -0.1) is 0 Å². The van der Waals surface area contributed by atoms with Crippen molar-refractivity contribution in [2.75, 3.05) is 103 Å². The standard InChI is InChI=1S/C20H25N5.2C17H27N5.C14H17N5.C13H18N4/c1-3-11-25(2)15-18-14-23-24-20(18)17-9-10-19(22-13-17)21-12-16-7-5-4-6-8-16;1-5-8-22(4)12-15-11-20-21-17(15)14-6-7-16(19-10-14)18-9-13(2)3;1-5-10-21(4)13-15-12-19-20-17(15)14-8-9-16(18-11-14)22(6-2)7-3;1-3-6-19(2)10-12-9-17-18-14(12)11-4-5-13(7-15)16-8-11;1-3-8-17(2)10-11-9-15-16-13(11)12-6-4-5-7-14-12/h4-10,13-14H,3,11-12,15H2,1-2H3,(H,21,22)(H,23,24);6-7,10-11,13H,5,8-9,12H2,1-4H3,(H,18,19)(H,20,21);8-9,11-12H,5-7,10,13H2,1-4H3,(H,19,20);4-5,8-9H,3,6,10H2,1-2H3,(H,17,18);4-7,9H,3,8,10H2,1-2H3,(H,15,16). The topological polar surface area (TPSA) is 275 Å². The fraction of sp³-hybridized carbons (Fsp3) is 0.420. The largest absolute Gasteiger partial charge is 0.370 e. The van der Waals surface area contributed by atoms with Crippen LogP contribution in [-0.2, 0) is 39.3 Å². The molecule has 0 fully saturated rings. The summed E-state index contributed by atoms with van der Waals surface area (Å²) in [5, 5.41) is 51.7. The smallest absolute Gasteiger partial charge is 0.140 e. The fourth-order valence-electron chi connectivity index (χ4n) is 11.9.